The molecule has 42 heavy (non-hydrogen) atoms. The van der Waals surface area contributed by atoms with E-state index in [4.69, 9.17) is 39.0 Å². The molecule has 2 heterocycles. The van der Waals surface area contributed by atoms with Gasteiger partial charge in [-0.2, -0.15) is 0 Å². The predicted molar refractivity (Wildman–Crippen MR) is 144 cm³/mol. The van der Waals surface area contributed by atoms with Crippen molar-refractivity contribution < 1.29 is 50.3 Å². The number of nitrogens with zero attached hydrogens (tertiary/aromatic N) is 1. The summed E-state index contributed by atoms with van der Waals surface area (Å²) in [4.78, 5) is 25.6. The van der Waals surface area contributed by atoms with Crippen LogP contribution in [0.3, 0.4) is 0 Å². The first kappa shape index (κ1) is 31.8. The van der Waals surface area contributed by atoms with E-state index in [-0.39, 0.29) is 23.2 Å². The van der Waals surface area contributed by atoms with Gasteiger partial charge in [0.2, 0.25) is 0 Å². The van der Waals surface area contributed by atoms with Gasteiger partial charge in [-0.05, 0) is 48.5 Å². The van der Waals surface area contributed by atoms with E-state index < -0.39 is 60.2 Å². The van der Waals surface area contributed by atoms with Gasteiger partial charge in [0, 0.05) is 6.20 Å². The summed E-state index contributed by atoms with van der Waals surface area (Å²) >= 11 is 5.84. The maximum absolute atomic E-state index is 15.2. The summed E-state index contributed by atoms with van der Waals surface area (Å²) in [6.45, 7) is -6.00. The summed E-state index contributed by atoms with van der Waals surface area (Å²) < 4.78 is 89.8. The Morgan fingerprint density at radius 3 is 2.17 bits per heavy atom. The van der Waals surface area contributed by atoms with Gasteiger partial charge in [-0.1, -0.05) is 11.6 Å². The van der Waals surface area contributed by atoms with E-state index in [0.29, 0.717) is 22.3 Å². The molecule has 2 N–H and O–H groups in total. The molecule has 0 aliphatic carbocycles. The second-order valence-corrected chi connectivity index (χ2v) is 12.5. The number of nitrogens with one attached hydrogen (secondary N) is 1. The first-order chi connectivity index (χ1) is 19.9. The Morgan fingerprint density at radius 2 is 1.62 bits per heavy atom. The van der Waals surface area contributed by atoms with Gasteiger partial charge >= 0.3 is 12.5 Å². The Hall–Kier alpha value is -3.14. The van der Waals surface area contributed by atoms with Crippen molar-refractivity contribution in [1.29, 1.82) is 0 Å². The number of aliphatic hydroxyl groups excluding tert-OH is 1. The Kier molecular flexibility index (Phi) is 9.85. The van der Waals surface area contributed by atoms with E-state index >= 15 is 4.39 Å². The maximum atomic E-state index is 15.2. The van der Waals surface area contributed by atoms with Crippen LogP contribution < -0.4 is 29.4 Å². The van der Waals surface area contributed by atoms with Gasteiger partial charge in [0.05, 0.1) is 20.8 Å². The lowest BCUT2D eigenvalue weighted by Gasteiger charge is -2.31. The molecule has 1 aliphatic rings. The van der Waals surface area contributed by atoms with Gasteiger partial charge < -0.3 is 28.0 Å². The number of halogens is 4. The van der Waals surface area contributed by atoms with Crippen LogP contribution >= 0.6 is 30.1 Å². The van der Waals surface area contributed by atoms with Crippen LogP contribution in [0.1, 0.15) is 6.23 Å². The standard InChI is InChI=1S/C24H23ClF3N2O10PS/c1-35-13-3-7-15(8-4-13)39-41(34,42-40-16-9-5-14(36-2)6-10-16)37-12-24(22(27)28)19(31)18(26)21(38-24)30-11-17(25)20(32)29-23(30)33/h3-11,18-19,21-22,31H,12H2,1-2H3,(H,29,32,33)/t18-,19+,21-,24-,41?/m1/s1. The van der Waals surface area contributed by atoms with Gasteiger partial charge in [0.1, 0.15) is 34.1 Å². The molecule has 1 fully saturated rings. The van der Waals surface area contributed by atoms with Crippen molar-refractivity contribution >= 4 is 30.1 Å². The summed E-state index contributed by atoms with van der Waals surface area (Å²) in [5, 5.41) is 9.98. The molecule has 0 radical (unpaired) electrons. The first-order valence-electron chi connectivity index (χ1n) is 11.8. The second kappa shape index (κ2) is 13.0. The van der Waals surface area contributed by atoms with Gasteiger partial charge in [-0.3, -0.25) is 18.9 Å². The lowest BCUT2D eigenvalue weighted by molar-refractivity contribution is -0.192. The highest BCUT2D eigenvalue weighted by molar-refractivity contribution is 8.52. The summed E-state index contributed by atoms with van der Waals surface area (Å²) in [5.74, 6) is 1.03. The van der Waals surface area contributed by atoms with Gasteiger partial charge in [-0.25, -0.2) is 22.5 Å². The van der Waals surface area contributed by atoms with E-state index in [9.17, 15) is 28.0 Å². The highest BCUT2D eigenvalue weighted by atomic mass is 35.5. The summed E-state index contributed by atoms with van der Waals surface area (Å²) in [7, 11) is 2.86. The minimum Gasteiger partial charge on any atom is -0.497 e. The molecule has 2 aromatic carbocycles. The number of methoxy groups -OCH3 is 2. The zero-order valence-electron chi connectivity index (χ0n) is 21.6. The number of rotatable bonds is 12. The number of aliphatic hydroxyl groups is 1. The third-order valence-electron chi connectivity index (χ3n) is 5.99. The zero-order chi connectivity index (χ0) is 30.7. The molecule has 12 nitrogen and oxygen atoms in total. The van der Waals surface area contributed by atoms with Crippen LogP contribution in [0.5, 0.6) is 23.0 Å². The van der Waals surface area contributed by atoms with Crippen molar-refractivity contribution in [2.24, 2.45) is 0 Å². The molecule has 0 saturated carbocycles. The molecule has 5 atom stereocenters. The third kappa shape index (κ3) is 6.74. The third-order valence-corrected chi connectivity index (χ3v) is 8.90. The lowest BCUT2D eigenvalue weighted by Crippen LogP contribution is -2.52. The number of ether oxygens (including phenoxy) is 3. The van der Waals surface area contributed by atoms with Crippen molar-refractivity contribution in [3.8, 4) is 23.0 Å². The van der Waals surface area contributed by atoms with E-state index in [0.717, 1.165) is 0 Å². The Morgan fingerprint density at radius 1 is 1.07 bits per heavy atom. The van der Waals surface area contributed by atoms with Crippen LogP contribution in [0.15, 0.2) is 64.3 Å². The Balaban J connectivity index is 1.61. The molecule has 228 valence electrons. The molecule has 18 heteroatoms. The molecule has 1 aliphatic heterocycles. The largest absolute Gasteiger partial charge is 0.497 e. The van der Waals surface area contributed by atoms with E-state index in [1.807, 2.05) is 0 Å². The molecular formula is C24H23ClF3N2O10PS. The van der Waals surface area contributed by atoms with Crippen molar-refractivity contribution in [2.75, 3.05) is 20.8 Å². The fourth-order valence-corrected chi connectivity index (χ4v) is 6.21. The lowest BCUT2D eigenvalue weighted by atomic mass is 9.97. The number of hydrogen-bond donors (Lipinski definition) is 2. The summed E-state index contributed by atoms with van der Waals surface area (Å²) in [5.41, 5.74) is -5.40. The van der Waals surface area contributed by atoms with E-state index in [1.165, 1.54) is 62.8 Å². The van der Waals surface area contributed by atoms with Crippen LogP contribution in [0.4, 0.5) is 13.2 Å². The van der Waals surface area contributed by atoms with Crippen LogP contribution in [0.2, 0.25) is 5.02 Å². The van der Waals surface area contributed by atoms with Gasteiger partial charge in [0.15, 0.2) is 29.7 Å². The number of aromatic nitrogens is 2. The maximum Gasteiger partial charge on any atom is 0.478 e. The smallest absolute Gasteiger partial charge is 0.478 e. The number of alkyl halides is 3. The predicted octanol–water partition coefficient (Wildman–Crippen LogP) is 4.37. The first-order valence-corrected chi connectivity index (χ1v) is 15.1. The zero-order valence-corrected chi connectivity index (χ0v) is 24.1. The molecule has 1 unspecified atom stereocenters. The number of H-pyrrole nitrogens is 1. The second-order valence-electron chi connectivity index (χ2n) is 8.62. The number of benzene rings is 2. The van der Waals surface area contributed by atoms with Crippen molar-refractivity contribution in [1.82, 2.24) is 9.55 Å². The molecule has 4 rings (SSSR count). The van der Waals surface area contributed by atoms with Crippen molar-refractivity contribution in [3.05, 3.63) is 80.6 Å². The normalized spacial score (nSPS) is 23.4. The molecule has 1 aromatic heterocycles. The van der Waals surface area contributed by atoms with Crippen molar-refractivity contribution in [2.45, 2.75) is 30.5 Å². The SMILES string of the molecule is COc1ccc(OSP(=O)(OC[C@@]2(C(F)F)O[C@@H](n3cc(Cl)c(=O)[nH]c3=O)[C@H](F)[C@@H]2O)Oc2ccc(OC)cc2)cc1. The van der Waals surface area contributed by atoms with Gasteiger partial charge in [0.25, 0.3) is 12.0 Å². The van der Waals surface area contributed by atoms with Gasteiger partial charge in [-0.15, -0.1) is 0 Å². The Labute approximate surface area is 244 Å². The molecule has 3 aromatic rings. The van der Waals surface area contributed by atoms with Crippen LogP contribution in [-0.2, 0) is 13.8 Å². The quantitative estimate of drug-likeness (QED) is 0.212. The fraction of sp³-hybridized carbons (Fsp3) is 0.333. The summed E-state index contributed by atoms with van der Waals surface area (Å²) in [6.07, 6.45) is -10.4. The summed E-state index contributed by atoms with van der Waals surface area (Å²) in [6, 6.07) is 11.6. The highest BCUT2D eigenvalue weighted by Gasteiger charge is 2.62. The highest BCUT2D eigenvalue weighted by Crippen LogP contribution is 2.61. The molecule has 0 amide bonds. The number of aromatic amines is 1. The minimum atomic E-state index is -4.61. The van der Waals surface area contributed by atoms with Crippen LogP contribution in [0, 0.1) is 0 Å². The minimum absolute atomic E-state index is 0.0420. The molecule has 0 bridgehead atoms. The van der Waals surface area contributed by atoms with Crippen molar-refractivity contribution in [3.63, 3.8) is 0 Å². The average molecular weight is 655 g/mol. The monoisotopic (exact) mass is 654 g/mol. The van der Waals surface area contributed by atoms with E-state index in [2.05, 4.69) is 0 Å². The fourth-order valence-electron chi connectivity index (χ4n) is 3.74. The molecule has 1 saturated heterocycles. The van der Waals surface area contributed by atoms with Crippen LogP contribution in [0.25, 0.3) is 0 Å². The average Bonchev–Trinajstić information content (AvgIpc) is 3.24. The van der Waals surface area contributed by atoms with E-state index in [1.54, 1.807) is 4.98 Å². The molecular weight excluding hydrogens is 632 g/mol. The Bertz CT molecular complexity index is 1550. The molecule has 0 spiro atoms. The van der Waals surface area contributed by atoms with Crippen LogP contribution in [-0.4, -0.2) is 59.8 Å². The number of hydrogen-bond acceptors (Lipinski definition) is 11. The topological polar surface area (TPSA) is 148 Å².